The monoisotopic (exact) mass is 260 g/mol. The lowest BCUT2D eigenvalue weighted by atomic mass is 10.0. The Hall–Kier alpha value is -2.23. The minimum absolute atomic E-state index is 0.0614. The summed E-state index contributed by atoms with van der Waals surface area (Å²) in [4.78, 5) is 23.8. The van der Waals surface area contributed by atoms with E-state index in [1.54, 1.807) is 26.0 Å². The van der Waals surface area contributed by atoms with Crippen LogP contribution in [0.3, 0.4) is 0 Å². The molecule has 0 N–H and O–H groups in total. The molecule has 98 valence electrons. The van der Waals surface area contributed by atoms with Gasteiger partial charge in [0.2, 0.25) is 0 Å². The van der Waals surface area contributed by atoms with Crippen molar-refractivity contribution in [2.75, 3.05) is 0 Å². The second-order valence-corrected chi connectivity index (χ2v) is 4.33. The number of halogens is 1. The van der Waals surface area contributed by atoms with Gasteiger partial charge in [0, 0.05) is 0 Å². The number of hydrogen-bond donors (Lipinski definition) is 0. The highest BCUT2D eigenvalue weighted by molar-refractivity contribution is 6.13. The first-order valence-electron chi connectivity index (χ1n) is 5.87. The molecule has 1 aromatic heterocycles. The molecule has 0 aliphatic rings. The van der Waals surface area contributed by atoms with E-state index in [9.17, 15) is 14.0 Å². The topological polar surface area (TPSA) is 47.3 Å². The van der Waals surface area contributed by atoms with Gasteiger partial charge in [0.05, 0.1) is 17.5 Å². The molecule has 0 aliphatic carbocycles. The van der Waals surface area contributed by atoms with Crippen LogP contribution in [0.4, 0.5) is 4.39 Å². The fraction of sp³-hybridized carbons (Fsp3) is 0.200. The first kappa shape index (κ1) is 13.2. The third-order valence-electron chi connectivity index (χ3n) is 2.84. The van der Waals surface area contributed by atoms with E-state index in [1.165, 1.54) is 18.2 Å². The minimum Gasteiger partial charge on any atom is -0.466 e. The SMILES string of the molecule is Cc1cc(C(=O)CC(=O)c2ccccc2F)c(C)o1. The molecule has 0 saturated carbocycles. The molecule has 1 heterocycles. The van der Waals surface area contributed by atoms with Crippen molar-refractivity contribution >= 4 is 11.6 Å². The van der Waals surface area contributed by atoms with Gasteiger partial charge in [-0.1, -0.05) is 12.1 Å². The number of carbonyl (C=O) groups is 2. The molecule has 3 nitrogen and oxygen atoms in total. The zero-order chi connectivity index (χ0) is 14.0. The lowest BCUT2D eigenvalue weighted by molar-refractivity contribution is 0.0891. The third-order valence-corrected chi connectivity index (χ3v) is 2.84. The van der Waals surface area contributed by atoms with Crippen molar-refractivity contribution in [2.45, 2.75) is 20.3 Å². The van der Waals surface area contributed by atoms with E-state index < -0.39 is 11.6 Å². The molecule has 0 saturated heterocycles. The first-order valence-corrected chi connectivity index (χ1v) is 5.87. The number of carbonyl (C=O) groups excluding carboxylic acids is 2. The van der Waals surface area contributed by atoms with Gasteiger partial charge in [-0.15, -0.1) is 0 Å². The van der Waals surface area contributed by atoms with Gasteiger partial charge in [-0.3, -0.25) is 9.59 Å². The smallest absolute Gasteiger partial charge is 0.174 e. The van der Waals surface area contributed by atoms with Crippen LogP contribution in [-0.2, 0) is 0 Å². The maximum Gasteiger partial charge on any atom is 0.174 e. The van der Waals surface area contributed by atoms with E-state index in [4.69, 9.17) is 4.42 Å². The lowest BCUT2D eigenvalue weighted by Crippen LogP contribution is -2.10. The van der Waals surface area contributed by atoms with Crippen molar-refractivity contribution in [2.24, 2.45) is 0 Å². The molecule has 0 bridgehead atoms. The second kappa shape index (κ2) is 5.18. The third kappa shape index (κ3) is 2.78. The van der Waals surface area contributed by atoms with Gasteiger partial charge in [0.15, 0.2) is 11.6 Å². The van der Waals surface area contributed by atoms with E-state index in [0.29, 0.717) is 17.1 Å². The molecule has 0 radical (unpaired) electrons. The summed E-state index contributed by atoms with van der Waals surface area (Å²) in [6.45, 7) is 3.39. The van der Waals surface area contributed by atoms with Crippen molar-refractivity contribution in [3.8, 4) is 0 Å². The summed E-state index contributed by atoms with van der Waals surface area (Å²) < 4.78 is 18.7. The number of benzene rings is 1. The van der Waals surface area contributed by atoms with Crippen LogP contribution in [0.5, 0.6) is 0 Å². The largest absolute Gasteiger partial charge is 0.466 e. The molecular weight excluding hydrogens is 247 g/mol. The van der Waals surface area contributed by atoms with Gasteiger partial charge < -0.3 is 4.42 Å². The van der Waals surface area contributed by atoms with E-state index in [2.05, 4.69) is 0 Å². The van der Waals surface area contributed by atoms with Gasteiger partial charge in [0.25, 0.3) is 0 Å². The average molecular weight is 260 g/mol. The fourth-order valence-electron chi connectivity index (χ4n) is 1.93. The van der Waals surface area contributed by atoms with Crippen molar-refractivity contribution < 1.29 is 18.4 Å². The van der Waals surface area contributed by atoms with Crippen LogP contribution in [0.1, 0.15) is 38.7 Å². The summed E-state index contributed by atoms with van der Waals surface area (Å²) in [5.74, 6) is -0.410. The highest BCUT2D eigenvalue weighted by atomic mass is 19.1. The maximum atomic E-state index is 13.4. The Morgan fingerprint density at radius 1 is 1.11 bits per heavy atom. The van der Waals surface area contributed by atoms with Crippen LogP contribution in [0.2, 0.25) is 0 Å². The summed E-state index contributed by atoms with van der Waals surface area (Å²) in [7, 11) is 0. The van der Waals surface area contributed by atoms with Gasteiger partial charge >= 0.3 is 0 Å². The summed E-state index contributed by atoms with van der Waals surface area (Å²) in [6, 6.07) is 7.22. The molecular formula is C15H13FO3. The maximum absolute atomic E-state index is 13.4. The van der Waals surface area contributed by atoms with E-state index in [0.717, 1.165) is 0 Å². The zero-order valence-electron chi connectivity index (χ0n) is 10.7. The normalized spacial score (nSPS) is 10.5. The van der Waals surface area contributed by atoms with E-state index in [-0.39, 0.29) is 17.8 Å². The zero-order valence-corrected chi connectivity index (χ0v) is 10.7. The predicted molar refractivity (Wildman–Crippen MR) is 67.9 cm³/mol. The van der Waals surface area contributed by atoms with Crippen LogP contribution < -0.4 is 0 Å². The van der Waals surface area contributed by atoms with Crippen LogP contribution in [0.15, 0.2) is 34.7 Å². The summed E-state index contributed by atoms with van der Waals surface area (Å²) in [6.07, 6.45) is -0.360. The molecule has 0 amide bonds. The Kier molecular flexibility index (Phi) is 3.60. The number of ketones is 2. The Morgan fingerprint density at radius 3 is 2.32 bits per heavy atom. The van der Waals surface area contributed by atoms with Crippen LogP contribution in [-0.4, -0.2) is 11.6 Å². The minimum atomic E-state index is -0.611. The Bertz CT molecular complexity index is 641. The standard InChI is InChI=1S/C15H13FO3/c1-9-7-12(10(2)19-9)15(18)8-14(17)11-5-3-4-6-13(11)16/h3-7H,8H2,1-2H3. The molecule has 2 aromatic rings. The van der Waals surface area contributed by atoms with Crippen molar-refractivity contribution in [1.82, 2.24) is 0 Å². The Balaban J connectivity index is 2.18. The van der Waals surface area contributed by atoms with E-state index >= 15 is 0 Å². The summed E-state index contributed by atoms with van der Waals surface area (Å²) in [5.41, 5.74) is 0.316. The predicted octanol–water partition coefficient (Wildman–Crippen LogP) is 3.49. The Labute approximate surface area is 110 Å². The van der Waals surface area contributed by atoms with Crippen molar-refractivity contribution in [1.29, 1.82) is 0 Å². The molecule has 1 aromatic carbocycles. The number of furan rings is 1. The van der Waals surface area contributed by atoms with Gasteiger partial charge in [-0.25, -0.2) is 4.39 Å². The molecule has 0 spiro atoms. The molecule has 0 aliphatic heterocycles. The molecule has 4 heteroatoms. The Morgan fingerprint density at radius 2 is 1.74 bits per heavy atom. The number of rotatable bonds is 4. The second-order valence-electron chi connectivity index (χ2n) is 4.33. The highest BCUT2D eigenvalue weighted by Gasteiger charge is 2.19. The van der Waals surface area contributed by atoms with Crippen LogP contribution in [0.25, 0.3) is 0 Å². The van der Waals surface area contributed by atoms with Crippen molar-refractivity contribution in [3.05, 3.63) is 58.8 Å². The number of hydrogen-bond acceptors (Lipinski definition) is 3. The van der Waals surface area contributed by atoms with Crippen molar-refractivity contribution in [3.63, 3.8) is 0 Å². The fourth-order valence-corrected chi connectivity index (χ4v) is 1.93. The van der Waals surface area contributed by atoms with Crippen LogP contribution >= 0.6 is 0 Å². The van der Waals surface area contributed by atoms with Gasteiger partial charge in [-0.2, -0.15) is 0 Å². The highest BCUT2D eigenvalue weighted by Crippen LogP contribution is 2.17. The van der Waals surface area contributed by atoms with Gasteiger partial charge in [-0.05, 0) is 32.0 Å². The quantitative estimate of drug-likeness (QED) is 0.624. The molecule has 19 heavy (non-hydrogen) atoms. The average Bonchev–Trinajstić information content (AvgIpc) is 2.69. The summed E-state index contributed by atoms with van der Waals surface area (Å²) >= 11 is 0. The molecule has 2 rings (SSSR count). The van der Waals surface area contributed by atoms with Crippen LogP contribution in [0, 0.1) is 19.7 Å². The molecule has 0 fully saturated rings. The number of Topliss-reactive ketones (excluding diaryl/α,β-unsaturated/α-hetero) is 2. The number of aryl methyl sites for hydroxylation is 2. The van der Waals surface area contributed by atoms with E-state index in [1.807, 2.05) is 0 Å². The first-order chi connectivity index (χ1) is 8.99. The summed E-state index contributed by atoms with van der Waals surface area (Å²) in [5, 5.41) is 0. The van der Waals surface area contributed by atoms with Gasteiger partial charge in [0.1, 0.15) is 17.3 Å². The molecule has 0 unspecified atom stereocenters. The lowest BCUT2D eigenvalue weighted by Gasteiger charge is -2.01. The molecule has 0 atom stereocenters.